The lowest BCUT2D eigenvalue weighted by atomic mass is 10.2. The minimum absolute atomic E-state index is 0.0650. The van der Waals surface area contributed by atoms with Gasteiger partial charge in [0, 0.05) is 32.1 Å². The van der Waals surface area contributed by atoms with E-state index in [0.29, 0.717) is 31.9 Å². The fourth-order valence-corrected chi connectivity index (χ4v) is 4.30. The smallest absolute Gasteiger partial charge is 0.246 e. The fraction of sp³-hybridized carbons (Fsp3) is 0.562. The van der Waals surface area contributed by atoms with Crippen molar-refractivity contribution < 1.29 is 17.9 Å². The molecule has 1 saturated heterocycles. The molecule has 0 unspecified atom stereocenters. The molecule has 0 aliphatic carbocycles. The average molecular weight is 340 g/mol. The first kappa shape index (κ1) is 17.7. The van der Waals surface area contributed by atoms with E-state index in [2.05, 4.69) is 0 Å². The molecule has 23 heavy (non-hydrogen) atoms. The highest BCUT2D eigenvalue weighted by molar-refractivity contribution is 7.89. The van der Waals surface area contributed by atoms with E-state index in [4.69, 9.17) is 4.74 Å². The van der Waals surface area contributed by atoms with Gasteiger partial charge in [0.05, 0.1) is 7.11 Å². The third-order valence-corrected chi connectivity index (χ3v) is 5.90. The average Bonchev–Trinajstić information content (AvgIpc) is 2.54. The van der Waals surface area contributed by atoms with Gasteiger partial charge in [0.15, 0.2) is 0 Å². The molecule has 7 heteroatoms. The molecule has 1 aromatic carbocycles. The quantitative estimate of drug-likeness (QED) is 0.833. The molecule has 1 aliphatic rings. The largest absolute Gasteiger partial charge is 0.495 e. The minimum atomic E-state index is -3.63. The van der Waals surface area contributed by atoms with Gasteiger partial charge in [-0.1, -0.05) is 19.9 Å². The summed E-state index contributed by atoms with van der Waals surface area (Å²) < 4.78 is 32.4. The summed E-state index contributed by atoms with van der Waals surface area (Å²) in [6.45, 7) is 6.99. The summed E-state index contributed by atoms with van der Waals surface area (Å²) in [6, 6.07) is 5.11. The Bertz CT molecular complexity index is 677. The van der Waals surface area contributed by atoms with Gasteiger partial charge in [-0.05, 0) is 24.6 Å². The molecule has 6 nitrogen and oxygen atoms in total. The van der Waals surface area contributed by atoms with Gasteiger partial charge in [-0.25, -0.2) is 8.42 Å². The number of aryl methyl sites for hydroxylation is 1. The van der Waals surface area contributed by atoms with Gasteiger partial charge in [0.2, 0.25) is 15.9 Å². The highest BCUT2D eigenvalue weighted by Gasteiger charge is 2.32. The zero-order valence-corrected chi connectivity index (χ0v) is 14.9. The maximum atomic E-state index is 12.9. The van der Waals surface area contributed by atoms with Crippen LogP contribution in [0.5, 0.6) is 5.75 Å². The van der Waals surface area contributed by atoms with E-state index in [0.717, 1.165) is 5.56 Å². The maximum absolute atomic E-state index is 12.9. The maximum Gasteiger partial charge on any atom is 0.246 e. The summed E-state index contributed by atoms with van der Waals surface area (Å²) in [6.07, 6.45) is 0. The van der Waals surface area contributed by atoms with Crippen LogP contribution in [0.1, 0.15) is 19.4 Å². The van der Waals surface area contributed by atoms with Gasteiger partial charge in [-0.15, -0.1) is 0 Å². The van der Waals surface area contributed by atoms with Crippen molar-refractivity contribution in [1.82, 2.24) is 9.21 Å². The summed E-state index contributed by atoms with van der Waals surface area (Å²) in [5, 5.41) is 0. The van der Waals surface area contributed by atoms with Crippen LogP contribution in [0.15, 0.2) is 23.1 Å². The summed E-state index contributed by atoms with van der Waals surface area (Å²) >= 11 is 0. The molecular weight excluding hydrogens is 316 g/mol. The Balaban J connectivity index is 2.20. The number of rotatable bonds is 4. The van der Waals surface area contributed by atoms with Crippen LogP contribution in [0.2, 0.25) is 0 Å². The molecule has 1 fully saturated rings. The molecule has 1 aromatic rings. The van der Waals surface area contributed by atoms with E-state index in [9.17, 15) is 13.2 Å². The zero-order valence-electron chi connectivity index (χ0n) is 14.1. The van der Waals surface area contributed by atoms with E-state index in [1.54, 1.807) is 17.0 Å². The minimum Gasteiger partial charge on any atom is -0.495 e. The SMILES string of the molecule is COc1ccc(C)cc1S(=O)(=O)N1CCN(C(=O)C(C)C)CC1. The van der Waals surface area contributed by atoms with E-state index >= 15 is 0 Å². The summed E-state index contributed by atoms with van der Waals surface area (Å²) in [4.78, 5) is 13.9. The van der Waals surface area contributed by atoms with Gasteiger partial charge in [0.25, 0.3) is 0 Å². The third-order valence-electron chi connectivity index (χ3n) is 3.98. The highest BCUT2D eigenvalue weighted by atomic mass is 32.2. The third kappa shape index (κ3) is 3.67. The molecular formula is C16H24N2O4S. The number of carbonyl (C=O) groups excluding carboxylic acids is 1. The number of methoxy groups -OCH3 is 1. The van der Waals surface area contributed by atoms with E-state index in [1.807, 2.05) is 26.8 Å². The Kier molecular flexibility index (Phi) is 5.31. The van der Waals surface area contributed by atoms with Crippen molar-refractivity contribution in [2.24, 2.45) is 5.92 Å². The van der Waals surface area contributed by atoms with Crippen molar-refractivity contribution in [3.05, 3.63) is 23.8 Å². The van der Waals surface area contributed by atoms with Crippen molar-refractivity contribution in [2.45, 2.75) is 25.7 Å². The number of hydrogen-bond acceptors (Lipinski definition) is 4. The molecule has 0 bridgehead atoms. The fourth-order valence-electron chi connectivity index (χ4n) is 2.64. The van der Waals surface area contributed by atoms with Gasteiger partial charge < -0.3 is 9.64 Å². The predicted molar refractivity (Wildman–Crippen MR) is 87.9 cm³/mol. The second kappa shape index (κ2) is 6.88. The topological polar surface area (TPSA) is 66.9 Å². The van der Waals surface area contributed by atoms with E-state index in [-0.39, 0.29) is 16.7 Å². The van der Waals surface area contributed by atoms with Crippen LogP contribution in [0.4, 0.5) is 0 Å². The Labute approximate surface area is 138 Å². The van der Waals surface area contributed by atoms with Gasteiger partial charge in [0.1, 0.15) is 10.6 Å². The van der Waals surface area contributed by atoms with Crippen LogP contribution in [0, 0.1) is 12.8 Å². The summed E-state index contributed by atoms with van der Waals surface area (Å²) in [7, 11) is -2.17. The van der Waals surface area contributed by atoms with Crippen molar-refractivity contribution in [1.29, 1.82) is 0 Å². The number of amides is 1. The Morgan fingerprint density at radius 2 is 1.78 bits per heavy atom. The van der Waals surface area contributed by atoms with Crippen molar-refractivity contribution in [3.8, 4) is 5.75 Å². The molecule has 0 spiro atoms. The van der Waals surface area contributed by atoms with Crippen LogP contribution in [-0.4, -0.2) is 56.8 Å². The van der Waals surface area contributed by atoms with E-state index in [1.165, 1.54) is 11.4 Å². The second-order valence-corrected chi connectivity index (χ2v) is 7.94. The number of benzene rings is 1. The van der Waals surface area contributed by atoms with Crippen LogP contribution in [-0.2, 0) is 14.8 Å². The first-order valence-corrected chi connectivity index (χ1v) is 9.15. The number of piperazine rings is 1. The number of ether oxygens (including phenoxy) is 1. The van der Waals surface area contributed by atoms with Crippen LogP contribution in [0.3, 0.4) is 0 Å². The predicted octanol–water partition coefficient (Wildman–Crippen LogP) is 1.49. The summed E-state index contributed by atoms with van der Waals surface area (Å²) in [5.74, 6) is 0.335. The lowest BCUT2D eigenvalue weighted by Crippen LogP contribution is -2.51. The standard InChI is InChI=1S/C16H24N2O4S/c1-12(2)16(19)17-7-9-18(10-8-17)23(20,21)15-11-13(3)5-6-14(15)22-4/h5-6,11-12H,7-10H2,1-4H3. The van der Waals surface area contributed by atoms with E-state index < -0.39 is 10.0 Å². The van der Waals surface area contributed by atoms with Gasteiger partial charge in [-0.3, -0.25) is 4.79 Å². The molecule has 128 valence electrons. The zero-order chi connectivity index (χ0) is 17.2. The summed E-state index contributed by atoms with van der Waals surface area (Å²) in [5.41, 5.74) is 0.859. The van der Waals surface area contributed by atoms with Crippen LogP contribution in [0.25, 0.3) is 0 Å². The van der Waals surface area contributed by atoms with Crippen molar-refractivity contribution in [3.63, 3.8) is 0 Å². The molecule has 0 N–H and O–H groups in total. The molecule has 0 atom stereocenters. The van der Waals surface area contributed by atoms with Gasteiger partial charge >= 0.3 is 0 Å². The highest BCUT2D eigenvalue weighted by Crippen LogP contribution is 2.28. The van der Waals surface area contributed by atoms with Crippen LogP contribution < -0.4 is 4.74 Å². The second-order valence-electron chi connectivity index (χ2n) is 6.04. The monoisotopic (exact) mass is 340 g/mol. The molecule has 1 heterocycles. The number of nitrogens with zero attached hydrogens (tertiary/aromatic N) is 2. The lowest BCUT2D eigenvalue weighted by molar-refractivity contribution is -0.135. The Morgan fingerprint density at radius 3 is 2.30 bits per heavy atom. The molecule has 1 amide bonds. The molecule has 0 radical (unpaired) electrons. The lowest BCUT2D eigenvalue weighted by Gasteiger charge is -2.35. The van der Waals surface area contributed by atoms with Crippen molar-refractivity contribution in [2.75, 3.05) is 33.3 Å². The number of carbonyl (C=O) groups is 1. The normalized spacial score (nSPS) is 16.7. The van der Waals surface area contributed by atoms with Crippen LogP contribution >= 0.6 is 0 Å². The van der Waals surface area contributed by atoms with Crippen molar-refractivity contribution >= 4 is 15.9 Å². The number of sulfonamides is 1. The Morgan fingerprint density at radius 1 is 1.17 bits per heavy atom. The first-order valence-electron chi connectivity index (χ1n) is 7.71. The Hall–Kier alpha value is -1.60. The molecule has 1 aliphatic heterocycles. The number of hydrogen-bond donors (Lipinski definition) is 0. The molecule has 0 saturated carbocycles. The first-order chi connectivity index (χ1) is 10.8. The van der Waals surface area contributed by atoms with Gasteiger partial charge in [-0.2, -0.15) is 4.31 Å². The molecule has 0 aromatic heterocycles. The molecule has 2 rings (SSSR count).